The third-order valence-corrected chi connectivity index (χ3v) is 10.7. The molecule has 5 fully saturated rings. The molecule has 1 aromatic heterocycles. The van der Waals surface area contributed by atoms with Gasteiger partial charge in [0.2, 0.25) is 5.79 Å². The Bertz CT molecular complexity index is 1360. The maximum Gasteiger partial charge on any atom is 0.337 e. The molecule has 6 aliphatic rings. The van der Waals surface area contributed by atoms with Gasteiger partial charge in [-0.2, -0.15) is 0 Å². The Morgan fingerprint density at radius 1 is 1.08 bits per heavy atom. The number of benzene rings is 1. The normalized spacial score (nSPS) is 48.6. The number of aromatic nitrogens is 2. The predicted molar refractivity (Wildman–Crippen MR) is 124 cm³/mol. The quantitative estimate of drug-likeness (QED) is 0.508. The SMILES string of the molecule is COC(=O)c1ccc2nc3c(nc2c1)[C@]12C(O)[C@H]3CCC1C13O[C@H]4CCC(C)(C)C(C41)[C@H](O)[C@@]2(O)O3. The van der Waals surface area contributed by atoms with Crippen LogP contribution >= 0.6 is 0 Å². The van der Waals surface area contributed by atoms with Gasteiger partial charge in [-0.3, -0.25) is 0 Å². The van der Waals surface area contributed by atoms with Gasteiger partial charge in [0.15, 0.2) is 5.79 Å². The summed E-state index contributed by atoms with van der Waals surface area (Å²) in [6.07, 6.45) is 0.795. The number of nitrogens with zero attached hydrogens (tertiary/aromatic N) is 2. The van der Waals surface area contributed by atoms with Crippen molar-refractivity contribution < 1.29 is 34.3 Å². The molecule has 5 unspecified atom stereocenters. The van der Waals surface area contributed by atoms with E-state index in [1.54, 1.807) is 18.2 Å². The lowest BCUT2D eigenvalue weighted by Gasteiger charge is -2.66. The van der Waals surface area contributed by atoms with Crippen LogP contribution in [-0.4, -0.2) is 68.3 Å². The fourth-order valence-corrected chi connectivity index (χ4v) is 9.31. The molecule has 9 nitrogen and oxygen atoms in total. The van der Waals surface area contributed by atoms with Crippen molar-refractivity contribution in [3.8, 4) is 0 Å². The number of aliphatic hydroxyl groups is 3. The first-order chi connectivity index (χ1) is 17.1. The molecule has 0 radical (unpaired) electrons. The summed E-state index contributed by atoms with van der Waals surface area (Å²) in [4.78, 5) is 22.0. The van der Waals surface area contributed by atoms with Gasteiger partial charge in [0.1, 0.15) is 11.5 Å². The summed E-state index contributed by atoms with van der Waals surface area (Å²) < 4.78 is 17.9. The molecule has 9 heteroatoms. The maximum absolute atomic E-state index is 12.4. The standard InChI is InChI=1S/C27H30N2O7/c1-24(2)9-8-15-17-18(24)22(31)27(33)25-16(26(17,35-15)36-27)7-5-12(21(25)30)19-20(25)29-14-10-11(23(32)34-3)4-6-13(14)28-19/h4,6,10,12,15-18,21-22,30-31,33H,5,7-9H2,1-3H3/t12-,15-,16?,17?,18?,21?,22-,25-,26?,27+/m0/s1. The predicted octanol–water partition coefficient (Wildman–Crippen LogP) is 1.76. The van der Waals surface area contributed by atoms with E-state index >= 15 is 0 Å². The number of hydrogen-bond acceptors (Lipinski definition) is 9. The van der Waals surface area contributed by atoms with Crippen LogP contribution in [0, 0.1) is 23.2 Å². The fourth-order valence-electron chi connectivity index (χ4n) is 9.31. The molecule has 2 saturated carbocycles. The highest BCUT2D eigenvalue weighted by Gasteiger charge is 2.90. The average Bonchev–Trinajstić information content (AvgIpc) is 3.15. The first-order valence-corrected chi connectivity index (χ1v) is 13.0. The highest BCUT2D eigenvalue weighted by Crippen LogP contribution is 2.78. The Hall–Kier alpha value is -2.17. The second-order valence-corrected chi connectivity index (χ2v) is 12.4. The minimum Gasteiger partial charge on any atom is -0.465 e. The second-order valence-electron chi connectivity index (χ2n) is 12.4. The van der Waals surface area contributed by atoms with Crippen LogP contribution < -0.4 is 0 Å². The minimum absolute atomic E-state index is 0.0292. The molecule has 2 spiro atoms. The van der Waals surface area contributed by atoms with Crippen molar-refractivity contribution in [2.75, 3.05) is 7.11 Å². The number of esters is 1. The minimum atomic E-state index is -2.08. The van der Waals surface area contributed by atoms with E-state index in [1.807, 2.05) is 0 Å². The van der Waals surface area contributed by atoms with Gasteiger partial charge < -0.3 is 29.5 Å². The van der Waals surface area contributed by atoms with Gasteiger partial charge in [-0.15, -0.1) is 0 Å². The van der Waals surface area contributed by atoms with Crippen LogP contribution in [-0.2, 0) is 19.6 Å². The highest BCUT2D eigenvalue weighted by atomic mass is 16.8. The summed E-state index contributed by atoms with van der Waals surface area (Å²) in [5.74, 6) is -4.65. The van der Waals surface area contributed by atoms with Crippen molar-refractivity contribution in [3.05, 3.63) is 35.2 Å². The number of fused-ring (bicyclic) bond motifs is 5. The summed E-state index contributed by atoms with van der Waals surface area (Å²) in [7, 11) is 1.32. The molecule has 0 amide bonds. The van der Waals surface area contributed by atoms with Gasteiger partial charge in [-0.1, -0.05) is 13.8 Å². The van der Waals surface area contributed by atoms with Gasteiger partial charge in [0.25, 0.3) is 0 Å². The molecule has 3 aliphatic heterocycles. The van der Waals surface area contributed by atoms with Crippen LogP contribution in [0.4, 0.5) is 0 Å². The number of carbonyl (C=O) groups is 1. The van der Waals surface area contributed by atoms with E-state index in [2.05, 4.69) is 13.8 Å². The monoisotopic (exact) mass is 494 g/mol. The van der Waals surface area contributed by atoms with Crippen LogP contribution in [0.15, 0.2) is 18.2 Å². The van der Waals surface area contributed by atoms with Crippen LogP contribution in [0.2, 0.25) is 0 Å². The number of carbonyl (C=O) groups excluding carboxylic acids is 1. The number of rotatable bonds is 1. The van der Waals surface area contributed by atoms with E-state index in [9.17, 15) is 20.1 Å². The summed E-state index contributed by atoms with van der Waals surface area (Å²) in [5.41, 5.74) is 0.877. The first kappa shape index (κ1) is 21.9. The van der Waals surface area contributed by atoms with Crippen molar-refractivity contribution in [2.24, 2.45) is 23.2 Å². The van der Waals surface area contributed by atoms with Crippen molar-refractivity contribution in [1.82, 2.24) is 9.97 Å². The molecule has 8 rings (SSSR count). The largest absolute Gasteiger partial charge is 0.465 e. The van der Waals surface area contributed by atoms with Crippen LogP contribution in [0.1, 0.15) is 67.2 Å². The molecule has 4 bridgehead atoms. The molecule has 1 aromatic carbocycles. The zero-order chi connectivity index (χ0) is 25.0. The van der Waals surface area contributed by atoms with E-state index < -0.39 is 35.2 Å². The number of hydrogen-bond donors (Lipinski definition) is 3. The Morgan fingerprint density at radius 3 is 2.67 bits per heavy atom. The lowest BCUT2D eigenvalue weighted by molar-refractivity contribution is -0.488. The van der Waals surface area contributed by atoms with Crippen LogP contribution in [0.25, 0.3) is 11.0 Å². The number of ether oxygens (including phenoxy) is 3. The number of methoxy groups -OCH3 is 1. The van der Waals surface area contributed by atoms with Crippen LogP contribution in [0.5, 0.6) is 0 Å². The zero-order valence-corrected chi connectivity index (χ0v) is 20.5. The van der Waals surface area contributed by atoms with Gasteiger partial charge >= 0.3 is 5.97 Å². The molecular weight excluding hydrogens is 464 g/mol. The average molecular weight is 495 g/mol. The highest BCUT2D eigenvalue weighted by molar-refractivity contribution is 5.93. The second kappa shape index (κ2) is 6.27. The maximum atomic E-state index is 12.4. The van der Waals surface area contributed by atoms with E-state index in [1.165, 1.54) is 7.11 Å². The molecule has 10 atom stereocenters. The number of aliphatic hydroxyl groups excluding tert-OH is 2. The van der Waals surface area contributed by atoms with E-state index in [-0.39, 0.29) is 35.2 Å². The fraction of sp³-hybridized carbons (Fsp3) is 0.667. The summed E-state index contributed by atoms with van der Waals surface area (Å²) >= 11 is 0. The molecule has 3 saturated heterocycles. The van der Waals surface area contributed by atoms with Crippen LogP contribution in [0.3, 0.4) is 0 Å². The van der Waals surface area contributed by atoms with Gasteiger partial charge in [-0.25, -0.2) is 14.8 Å². The smallest absolute Gasteiger partial charge is 0.337 e. The summed E-state index contributed by atoms with van der Waals surface area (Å²) in [5, 5.41) is 36.3. The van der Waals surface area contributed by atoms with Crippen molar-refractivity contribution in [1.29, 1.82) is 0 Å². The molecular formula is C27H30N2O7. The molecule has 2 aromatic rings. The Morgan fingerprint density at radius 2 is 1.89 bits per heavy atom. The van der Waals surface area contributed by atoms with E-state index in [0.29, 0.717) is 40.8 Å². The van der Waals surface area contributed by atoms with E-state index in [0.717, 1.165) is 12.8 Å². The molecule has 190 valence electrons. The third kappa shape index (κ3) is 2.04. The van der Waals surface area contributed by atoms with E-state index in [4.69, 9.17) is 24.2 Å². The molecule has 36 heavy (non-hydrogen) atoms. The first-order valence-electron chi connectivity index (χ1n) is 13.0. The lowest BCUT2D eigenvalue weighted by atomic mass is 9.54. The van der Waals surface area contributed by atoms with Gasteiger partial charge in [0, 0.05) is 23.7 Å². The zero-order valence-electron chi connectivity index (χ0n) is 20.5. The van der Waals surface area contributed by atoms with Gasteiger partial charge in [0.05, 0.1) is 47.3 Å². The Kier molecular flexibility index (Phi) is 3.81. The van der Waals surface area contributed by atoms with Crippen molar-refractivity contribution >= 4 is 17.0 Å². The summed E-state index contributed by atoms with van der Waals surface area (Å²) in [6, 6.07) is 4.99. The lowest BCUT2D eigenvalue weighted by Crippen LogP contribution is -2.76. The topological polar surface area (TPSA) is 131 Å². The molecule has 3 aliphatic carbocycles. The molecule has 3 N–H and O–H groups in total. The van der Waals surface area contributed by atoms with Crippen molar-refractivity contribution in [2.45, 2.75) is 80.7 Å². The van der Waals surface area contributed by atoms with Crippen molar-refractivity contribution in [3.63, 3.8) is 0 Å². The summed E-state index contributed by atoms with van der Waals surface area (Å²) in [6.45, 7) is 4.28. The Labute approximate surface area is 207 Å². The molecule has 4 heterocycles. The third-order valence-electron chi connectivity index (χ3n) is 10.7. The Balaban J connectivity index is 1.39. The van der Waals surface area contributed by atoms with Gasteiger partial charge in [-0.05, 0) is 49.3 Å².